The Bertz CT molecular complexity index is 422. The SMILES string of the molecule is CCC(C)CC(C)NC(=O)c1cc(F)ccc1Br. The van der Waals surface area contributed by atoms with Gasteiger partial charge >= 0.3 is 0 Å². The summed E-state index contributed by atoms with van der Waals surface area (Å²) in [5, 5.41) is 2.89. The molecule has 0 saturated heterocycles. The summed E-state index contributed by atoms with van der Waals surface area (Å²) in [4.78, 5) is 12.0. The van der Waals surface area contributed by atoms with Crippen LogP contribution in [0.4, 0.5) is 4.39 Å². The van der Waals surface area contributed by atoms with Crippen molar-refractivity contribution in [2.24, 2.45) is 5.92 Å². The Hall–Kier alpha value is -0.900. The van der Waals surface area contributed by atoms with Gasteiger partial charge in [-0.1, -0.05) is 20.3 Å². The van der Waals surface area contributed by atoms with Gasteiger partial charge in [-0.15, -0.1) is 0 Å². The zero-order chi connectivity index (χ0) is 13.7. The van der Waals surface area contributed by atoms with Crippen molar-refractivity contribution >= 4 is 21.8 Å². The van der Waals surface area contributed by atoms with Crippen LogP contribution in [0.3, 0.4) is 0 Å². The molecule has 4 heteroatoms. The number of benzene rings is 1. The molecule has 0 bridgehead atoms. The highest BCUT2D eigenvalue weighted by Gasteiger charge is 2.15. The number of hydrogen-bond acceptors (Lipinski definition) is 1. The Kier molecular flexibility index (Phi) is 5.79. The van der Waals surface area contributed by atoms with Gasteiger partial charge in [0.25, 0.3) is 5.91 Å². The molecule has 1 aromatic carbocycles. The van der Waals surface area contributed by atoms with Crippen LogP contribution in [-0.4, -0.2) is 11.9 Å². The fraction of sp³-hybridized carbons (Fsp3) is 0.500. The number of rotatable bonds is 5. The maximum Gasteiger partial charge on any atom is 0.252 e. The molecule has 2 nitrogen and oxygen atoms in total. The molecule has 1 aromatic rings. The quantitative estimate of drug-likeness (QED) is 0.869. The molecule has 2 atom stereocenters. The minimum atomic E-state index is -0.405. The van der Waals surface area contributed by atoms with Gasteiger partial charge in [0.05, 0.1) is 5.56 Å². The van der Waals surface area contributed by atoms with Crippen LogP contribution in [0.2, 0.25) is 0 Å². The molecule has 100 valence electrons. The van der Waals surface area contributed by atoms with E-state index < -0.39 is 5.82 Å². The van der Waals surface area contributed by atoms with Crippen molar-refractivity contribution in [3.63, 3.8) is 0 Å². The van der Waals surface area contributed by atoms with E-state index in [0.717, 1.165) is 12.8 Å². The van der Waals surface area contributed by atoms with E-state index in [1.54, 1.807) is 6.07 Å². The first kappa shape index (κ1) is 15.2. The Morgan fingerprint density at radius 3 is 2.72 bits per heavy atom. The van der Waals surface area contributed by atoms with Crippen LogP contribution in [-0.2, 0) is 0 Å². The highest BCUT2D eigenvalue weighted by molar-refractivity contribution is 9.10. The Morgan fingerprint density at radius 1 is 1.44 bits per heavy atom. The van der Waals surface area contributed by atoms with Gasteiger partial charge in [-0.3, -0.25) is 4.79 Å². The monoisotopic (exact) mass is 315 g/mol. The topological polar surface area (TPSA) is 29.1 Å². The van der Waals surface area contributed by atoms with Crippen LogP contribution in [0, 0.1) is 11.7 Å². The van der Waals surface area contributed by atoms with Gasteiger partial charge in [0, 0.05) is 10.5 Å². The minimum Gasteiger partial charge on any atom is -0.350 e. The molecule has 18 heavy (non-hydrogen) atoms. The van der Waals surface area contributed by atoms with Crippen molar-refractivity contribution in [2.45, 2.75) is 39.7 Å². The van der Waals surface area contributed by atoms with Gasteiger partial charge in [-0.25, -0.2) is 4.39 Å². The van der Waals surface area contributed by atoms with E-state index in [9.17, 15) is 9.18 Å². The third kappa shape index (κ3) is 4.41. The Morgan fingerprint density at radius 2 is 2.11 bits per heavy atom. The highest BCUT2D eigenvalue weighted by atomic mass is 79.9. The number of carbonyl (C=O) groups is 1. The molecule has 0 fully saturated rings. The van der Waals surface area contributed by atoms with Crippen molar-refractivity contribution in [2.75, 3.05) is 0 Å². The molecule has 0 saturated carbocycles. The molecule has 0 aromatic heterocycles. The largest absolute Gasteiger partial charge is 0.350 e. The maximum absolute atomic E-state index is 13.1. The number of hydrogen-bond donors (Lipinski definition) is 1. The number of amides is 1. The van der Waals surface area contributed by atoms with E-state index in [1.807, 2.05) is 6.92 Å². The molecule has 0 radical (unpaired) electrons. The molecule has 0 heterocycles. The first-order valence-corrected chi connectivity index (χ1v) is 6.99. The molecule has 1 rings (SSSR count). The summed E-state index contributed by atoms with van der Waals surface area (Å²) >= 11 is 3.26. The Balaban J connectivity index is 2.67. The fourth-order valence-corrected chi connectivity index (χ4v) is 2.23. The molecule has 1 N–H and O–H groups in total. The zero-order valence-electron chi connectivity index (χ0n) is 11.0. The van der Waals surface area contributed by atoms with E-state index in [2.05, 4.69) is 35.1 Å². The third-order valence-electron chi connectivity index (χ3n) is 3.00. The van der Waals surface area contributed by atoms with Crippen LogP contribution >= 0.6 is 15.9 Å². The van der Waals surface area contributed by atoms with E-state index in [-0.39, 0.29) is 11.9 Å². The van der Waals surface area contributed by atoms with Gasteiger partial charge in [0.2, 0.25) is 0 Å². The average molecular weight is 316 g/mol. The summed E-state index contributed by atoms with van der Waals surface area (Å²) in [5.74, 6) is -0.0774. The lowest BCUT2D eigenvalue weighted by atomic mass is 10.00. The number of nitrogens with one attached hydrogen (secondary N) is 1. The molecule has 0 aliphatic heterocycles. The van der Waals surface area contributed by atoms with Crippen molar-refractivity contribution in [3.8, 4) is 0 Å². The molecule has 0 spiro atoms. The van der Waals surface area contributed by atoms with Crippen molar-refractivity contribution < 1.29 is 9.18 Å². The summed E-state index contributed by atoms with van der Waals surface area (Å²) in [5.41, 5.74) is 0.339. The van der Waals surface area contributed by atoms with Crippen LogP contribution in [0.25, 0.3) is 0 Å². The van der Waals surface area contributed by atoms with Crippen LogP contribution in [0.15, 0.2) is 22.7 Å². The Labute approximate surface area is 116 Å². The highest BCUT2D eigenvalue weighted by Crippen LogP contribution is 2.18. The predicted molar refractivity (Wildman–Crippen MR) is 75.1 cm³/mol. The summed E-state index contributed by atoms with van der Waals surface area (Å²) < 4.78 is 13.7. The first-order chi connectivity index (χ1) is 8.43. The lowest BCUT2D eigenvalue weighted by Gasteiger charge is -2.18. The van der Waals surface area contributed by atoms with Gasteiger partial charge in [0.15, 0.2) is 0 Å². The standard InChI is InChI=1S/C14H19BrFNO/c1-4-9(2)7-10(3)17-14(18)12-8-11(16)5-6-13(12)15/h5-6,8-10H,4,7H2,1-3H3,(H,17,18). The minimum absolute atomic E-state index is 0.0858. The van der Waals surface area contributed by atoms with Crippen LogP contribution in [0.5, 0.6) is 0 Å². The molecule has 2 unspecified atom stereocenters. The summed E-state index contributed by atoms with van der Waals surface area (Å²) in [7, 11) is 0. The fourth-order valence-electron chi connectivity index (χ4n) is 1.80. The van der Waals surface area contributed by atoms with Crippen molar-refractivity contribution in [1.29, 1.82) is 0 Å². The van der Waals surface area contributed by atoms with E-state index in [1.165, 1.54) is 12.1 Å². The predicted octanol–water partition coefficient (Wildman–Crippen LogP) is 4.14. The number of carbonyl (C=O) groups excluding carboxylic acids is 1. The summed E-state index contributed by atoms with van der Waals surface area (Å²) in [6.07, 6.45) is 2.01. The molecule has 0 aliphatic rings. The smallest absolute Gasteiger partial charge is 0.252 e. The van der Waals surface area contributed by atoms with Gasteiger partial charge < -0.3 is 5.32 Å². The van der Waals surface area contributed by atoms with E-state index in [0.29, 0.717) is 16.0 Å². The number of halogens is 2. The molecule has 0 aliphatic carbocycles. The lowest BCUT2D eigenvalue weighted by molar-refractivity contribution is 0.0934. The van der Waals surface area contributed by atoms with E-state index >= 15 is 0 Å². The second-order valence-electron chi connectivity index (χ2n) is 4.75. The second kappa shape index (κ2) is 6.88. The average Bonchev–Trinajstić information content (AvgIpc) is 2.31. The first-order valence-electron chi connectivity index (χ1n) is 6.20. The van der Waals surface area contributed by atoms with Gasteiger partial charge in [-0.05, 0) is 53.4 Å². The van der Waals surface area contributed by atoms with Crippen molar-refractivity contribution in [1.82, 2.24) is 5.32 Å². The van der Waals surface area contributed by atoms with Gasteiger partial charge in [0.1, 0.15) is 5.82 Å². The van der Waals surface area contributed by atoms with E-state index in [4.69, 9.17) is 0 Å². The second-order valence-corrected chi connectivity index (χ2v) is 5.60. The molecule has 1 amide bonds. The van der Waals surface area contributed by atoms with Gasteiger partial charge in [-0.2, -0.15) is 0 Å². The van der Waals surface area contributed by atoms with Crippen LogP contribution < -0.4 is 5.32 Å². The normalized spacial score (nSPS) is 14.1. The molecular formula is C14H19BrFNO. The van der Waals surface area contributed by atoms with Crippen LogP contribution in [0.1, 0.15) is 44.0 Å². The summed E-state index contributed by atoms with van der Waals surface area (Å²) in [6, 6.07) is 4.20. The van der Waals surface area contributed by atoms with Crippen molar-refractivity contribution in [3.05, 3.63) is 34.1 Å². The third-order valence-corrected chi connectivity index (χ3v) is 3.69. The zero-order valence-corrected chi connectivity index (χ0v) is 12.6. The lowest BCUT2D eigenvalue weighted by Crippen LogP contribution is -2.34. The summed E-state index contributed by atoms with van der Waals surface area (Å²) in [6.45, 7) is 6.25. The molecular weight excluding hydrogens is 297 g/mol. The maximum atomic E-state index is 13.1.